The van der Waals surface area contributed by atoms with Crippen LogP contribution in [-0.4, -0.2) is 18.9 Å². The van der Waals surface area contributed by atoms with Crippen molar-refractivity contribution >= 4 is 33.8 Å². The lowest BCUT2D eigenvalue weighted by Crippen LogP contribution is -2.18. The first-order valence-corrected chi connectivity index (χ1v) is 10.4. The number of hydrogen-bond acceptors (Lipinski definition) is 4. The van der Waals surface area contributed by atoms with Crippen molar-refractivity contribution in [1.82, 2.24) is 0 Å². The number of carbonyl (C=O) groups excluding carboxylic acids is 2. The maximum Gasteiger partial charge on any atom is 0.258 e. The molecular weight excluding hydrogens is 384 g/mol. The average Bonchev–Trinajstić information content (AvgIpc) is 3.12. The van der Waals surface area contributed by atoms with E-state index in [4.69, 9.17) is 4.74 Å². The highest BCUT2D eigenvalue weighted by molar-refractivity contribution is 7.17. The fourth-order valence-electron chi connectivity index (χ4n) is 3.53. The Bertz CT molecular complexity index is 1030. The summed E-state index contributed by atoms with van der Waals surface area (Å²) in [6.45, 7) is 0. The number of anilines is 2. The molecule has 2 aromatic carbocycles. The summed E-state index contributed by atoms with van der Waals surface area (Å²) in [5.41, 5.74) is 2.91. The molecule has 2 amide bonds. The molecule has 1 heterocycles. The van der Waals surface area contributed by atoms with Crippen LogP contribution in [0.15, 0.2) is 54.6 Å². The molecule has 148 valence electrons. The Labute approximate surface area is 173 Å². The summed E-state index contributed by atoms with van der Waals surface area (Å²) in [5, 5.41) is 6.55. The van der Waals surface area contributed by atoms with E-state index in [9.17, 15) is 9.59 Å². The van der Waals surface area contributed by atoms with Crippen LogP contribution in [-0.2, 0) is 12.8 Å². The molecule has 3 aromatic rings. The number of ether oxygens (including phenoxy) is 1. The second kappa shape index (κ2) is 8.49. The molecule has 4 rings (SSSR count). The van der Waals surface area contributed by atoms with Gasteiger partial charge in [-0.2, -0.15) is 0 Å². The van der Waals surface area contributed by atoms with Gasteiger partial charge in [0.2, 0.25) is 0 Å². The molecule has 1 aromatic heterocycles. The smallest absolute Gasteiger partial charge is 0.258 e. The van der Waals surface area contributed by atoms with Crippen LogP contribution < -0.4 is 15.4 Å². The average molecular weight is 407 g/mol. The summed E-state index contributed by atoms with van der Waals surface area (Å²) in [6.07, 6.45) is 3.97. The van der Waals surface area contributed by atoms with E-state index in [1.165, 1.54) is 16.2 Å². The van der Waals surface area contributed by atoms with Crippen LogP contribution in [0, 0.1) is 0 Å². The molecule has 0 bridgehead atoms. The quantitative estimate of drug-likeness (QED) is 0.616. The summed E-state index contributed by atoms with van der Waals surface area (Å²) in [4.78, 5) is 27.0. The Morgan fingerprint density at radius 2 is 1.62 bits per heavy atom. The van der Waals surface area contributed by atoms with Gasteiger partial charge in [0, 0.05) is 16.1 Å². The minimum absolute atomic E-state index is 0.196. The number of nitrogens with one attached hydrogen (secondary N) is 2. The van der Waals surface area contributed by atoms with E-state index in [0.717, 1.165) is 37.0 Å². The van der Waals surface area contributed by atoms with E-state index in [0.29, 0.717) is 21.8 Å². The lowest BCUT2D eigenvalue weighted by atomic mass is 9.95. The number of amides is 2. The largest absolute Gasteiger partial charge is 0.497 e. The van der Waals surface area contributed by atoms with Gasteiger partial charge in [-0.3, -0.25) is 9.59 Å². The monoisotopic (exact) mass is 406 g/mol. The van der Waals surface area contributed by atoms with Crippen molar-refractivity contribution in [2.75, 3.05) is 17.7 Å². The number of carbonyl (C=O) groups is 2. The number of benzene rings is 2. The lowest BCUT2D eigenvalue weighted by molar-refractivity contribution is 0.102. The fraction of sp³-hybridized carbons (Fsp3) is 0.217. The third-order valence-corrected chi connectivity index (χ3v) is 6.22. The van der Waals surface area contributed by atoms with Crippen molar-refractivity contribution in [3.05, 3.63) is 76.2 Å². The Morgan fingerprint density at radius 3 is 2.34 bits per heavy atom. The molecular formula is C23H22N2O3S. The van der Waals surface area contributed by atoms with Gasteiger partial charge in [-0.1, -0.05) is 18.2 Å². The van der Waals surface area contributed by atoms with Gasteiger partial charge in [0.15, 0.2) is 0 Å². The molecule has 0 spiro atoms. The van der Waals surface area contributed by atoms with E-state index in [1.54, 1.807) is 43.5 Å². The van der Waals surface area contributed by atoms with Crippen molar-refractivity contribution in [3.8, 4) is 5.75 Å². The Balaban J connectivity index is 1.62. The van der Waals surface area contributed by atoms with Gasteiger partial charge >= 0.3 is 0 Å². The van der Waals surface area contributed by atoms with E-state index in [-0.39, 0.29) is 11.8 Å². The van der Waals surface area contributed by atoms with Gasteiger partial charge in [-0.25, -0.2) is 0 Å². The summed E-state index contributed by atoms with van der Waals surface area (Å²) >= 11 is 1.52. The van der Waals surface area contributed by atoms with Crippen LogP contribution in [0.5, 0.6) is 5.75 Å². The third kappa shape index (κ3) is 4.17. The Kier molecular flexibility index (Phi) is 5.62. The first-order chi connectivity index (χ1) is 14.2. The zero-order chi connectivity index (χ0) is 20.2. The molecule has 0 saturated carbocycles. The van der Waals surface area contributed by atoms with Gasteiger partial charge < -0.3 is 15.4 Å². The standard InChI is InChI=1S/C23H22N2O3S/c1-28-17-13-11-16(12-14-17)24-22(27)20-18-9-5-6-10-19(18)29-23(20)25-21(26)15-7-3-2-4-8-15/h2-4,7-8,11-14H,5-6,9-10H2,1H3,(H,24,27)(H,25,26). The molecule has 0 saturated heterocycles. The zero-order valence-corrected chi connectivity index (χ0v) is 17.0. The second-order valence-corrected chi connectivity index (χ2v) is 8.02. The molecule has 5 nitrogen and oxygen atoms in total. The molecule has 0 radical (unpaired) electrons. The minimum Gasteiger partial charge on any atom is -0.497 e. The van der Waals surface area contributed by atoms with Crippen LogP contribution in [0.1, 0.15) is 44.0 Å². The molecule has 2 N–H and O–H groups in total. The van der Waals surface area contributed by atoms with Crippen LogP contribution in [0.4, 0.5) is 10.7 Å². The van der Waals surface area contributed by atoms with Crippen molar-refractivity contribution in [2.45, 2.75) is 25.7 Å². The zero-order valence-electron chi connectivity index (χ0n) is 16.2. The van der Waals surface area contributed by atoms with Crippen molar-refractivity contribution in [2.24, 2.45) is 0 Å². The number of rotatable bonds is 5. The van der Waals surface area contributed by atoms with Gasteiger partial charge in [0.05, 0.1) is 12.7 Å². The summed E-state index contributed by atoms with van der Waals surface area (Å²) in [7, 11) is 1.60. The van der Waals surface area contributed by atoms with Gasteiger partial charge in [0.1, 0.15) is 10.8 Å². The number of fused-ring (bicyclic) bond motifs is 1. The van der Waals surface area contributed by atoms with Crippen LogP contribution in [0.2, 0.25) is 0 Å². The molecule has 0 atom stereocenters. The highest BCUT2D eigenvalue weighted by Gasteiger charge is 2.26. The number of aryl methyl sites for hydroxylation is 1. The molecule has 0 aliphatic heterocycles. The highest BCUT2D eigenvalue weighted by atomic mass is 32.1. The Morgan fingerprint density at radius 1 is 0.897 bits per heavy atom. The van der Waals surface area contributed by atoms with Crippen molar-refractivity contribution < 1.29 is 14.3 Å². The first kappa shape index (κ1) is 19.2. The fourth-order valence-corrected chi connectivity index (χ4v) is 4.81. The number of hydrogen-bond donors (Lipinski definition) is 2. The molecule has 29 heavy (non-hydrogen) atoms. The van der Waals surface area contributed by atoms with Crippen LogP contribution in [0.3, 0.4) is 0 Å². The van der Waals surface area contributed by atoms with E-state index >= 15 is 0 Å². The third-order valence-electron chi connectivity index (χ3n) is 5.01. The molecule has 1 aliphatic carbocycles. The van der Waals surface area contributed by atoms with E-state index in [2.05, 4.69) is 10.6 Å². The van der Waals surface area contributed by atoms with Crippen molar-refractivity contribution in [3.63, 3.8) is 0 Å². The summed E-state index contributed by atoms with van der Waals surface area (Å²) < 4.78 is 5.17. The molecule has 6 heteroatoms. The van der Waals surface area contributed by atoms with Gasteiger partial charge in [0.25, 0.3) is 11.8 Å². The van der Waals surface area contributed by atoms with E-state index < -0.39 is 0 Å². The number of methoxy groups -OCH3 is 1. The Hall–Kier alpha value is -3.12. The number of thiophene rings is 1. The van der Waals surface area contributed by atoms with Crippen LogP contribution >= 0.6 is 11.3 Å². The molecule has 0 fully saturated rings. The predicted octanol–water partition coefficient (Wildman–Crippen LogP) is 5.14. The van der Waals surface area contributed by atoms with Crippen LogP contribution in [0.25, 0.3) is 0 Å². The predicted molar refractivity (Wildman–Crippen MR) is 116 cm³/mol. The topological polar surface area (TPSA) is 67.4 Å². The SMILES string of the molecule is COc1ccc(NC(=O)c2c(NC(=O)c3ccccc3)sc3c2CCCC3)cc1. The summed E-state index contributed by atoms with van der Waals surface area (Å²) in [6, 6.07) is 16.3. The second-order valence-electron chi connectivity index (χ2n) is 6.92. The molecule has 0 unspecified atom stereocenters. The minimum atomic E-state index is -0.206. The van der Waals surface area contributed by atoms with Crippen molar-refractivity contribution in [1.29, 1.82) is 0 Å². The normalized spacial score (nSPS) is 12.7. The summed E-state index contributed by atoms with van der Waals surface area (Å²) in [5.74, 6) is 0.326. The molecule has 1 aliphatic rings. The van der Waals surface area contributed by atoms with Gasteiger partial charge in [-0.05, 0) is 67.6 Å². The first-order valence-electron chi connectivity index (χ1n) is 9.62. The lowest BCUT2D eigenvalue weighted by Gasteiger charge is -2.13. The van der Waals surface area contributed by atoms with E-state index in [1.807, 2.05) is 18.2 Å². The highest BCUT2D eigenvalue weighted by Crippen LogP contribution is 2.38. The maximum atomic E-state index is 13.2. The maximum absolute atomic E-state index is 13.2. The van der Waals surface area contributed by atoms with Gasteiger partial charge in [-0.15, -0.1) is 11.3 Å².